The first-order chi connectivity index (χ1) is 18.3. The van der Waals surface area contributed by atoms with Crippen molar-refractivity contribution in [3.63, 3.8) is 0 Å². The monoisotopic (exact) mass is 540 g/mol. The first-order valence-electron chi connectivity index (χ1n) is 15.8. The fraction of sp³-hybridized carbons (Fsp3) is 0.938. The molecule has 2 N–H and O–H groups in total. The smallest absolute Gasteiger partial charge is 0.302 e. The Morgan fingerprint density at radius 1 is 0.553 bits per heavy atom. The molecule has 38 heavy (non-hydrogen) atoms. The number of hydrogen-bond acceptors (Lipinski definition) is 6. The van der Waals surface area contributed by atoms with Gasteiger partial charge in [0.05, 0.1) is 13.2 Å². The van der Waals surface area contributed by atoms with Crippen LogP contribution in [0, 0.1) is 47.3 Å². The van der Waals surface area contributed by atoms with Crippen molar-refractivity contribution in [3.8, 4) is 0 Å². The summed E-state index contributed by atoms with van der Waals surface area (Å²) in [5.74, 6) is 9.18. The highest BCUT2D eigenvalue weighted by Crippen LogP contribution is 2.59. The second-order valence-electron chi connectivity index (χ2n) is 11.7. The van der Waals surface area contributed by atoms with E-state index in [-0.39, 0.29) is 25.2 Å². The molecule has 0 aromatic rings. The van der Waals surface area contributed by atoms with Crippen LogP contribution in [0.3, 0.4) is 0 Å². The number of ether oxygens (including phenoxy) is 2. The standard InChI is InChI=1S/2C10H16.2C4H8O2.2C2H6O/c2*1-2-9-7-4-5-8(6-7)10(9)3-1;2*1-3-6-4(2)5;2*1-2-3/h2*7-10H,1-6H2;2*3H2,1-2H3;2*3H,2H2,1H3. The average molecular weight is 541 g/mol. The van der Waals surface area contributed by atoms with E-state index in [1.165, 1.54) is 61.2 Å². The molecule has 6 aliphatic carbocycles. The molecule has 6 saturated carbocycles. The van der Waals surface area contributed by atoms with Crippen molar-refractivity contribution in [2.45, 2.75) is 119 Å². The predicted molar refractivity (Wildman–Crippen MR) is 153 cm³/mol. The van der Waals surface area contributed by atoms with Gasteiger partial charge in [-0.25, -0.2) is 0 Å². The zero-order valence-electron chi connectivity index (χ0n) is 25.5. The minimum Gasteiger partial charge on any atom is -0.466 e. The first kappa shape index (κ1) is 34.9. The maximum absolute atomic E-state index is 9.82. The van der Waals surface area contributed by atoms with Crippen molar-refractivity contribution in [1.29, 1.82) is 0 Å². The van der Waals surface area contributed by atoms with Crippen LogP contribution in [-0.4, -0.2) is 48.6 Å². The molecule has 6 aliphatic rings. The number of esters is 2. The number of hydrogen-bond donors (Lipinski definition) is 2. The zero-order chi connectivity index (χ0) is 28.5. The van der Waals surface area contributed by atoms with Gasteiger partial charge >= 0.3 is 11.9 Å². The Hall–Kier alpha value is -1.14. The average Bonchev–Trinajstić information content (AvgIpc) is 3.68. The molecule has 8 atom stereocenters. The minimum atomic E-state index is -0.211. The predicted octanol–water partition coefficient (Wildman–Crippen LogP) is 6.80. The van der Waals surface area contributed by atoms with Crippen LogP contribution in [0.4, 0.5) is 0 Å². The van der Waals surface area contributed by atoms with E-state index in [4.69, 9.17) is 10.2 Å². The van der Waals surface area contributed by atoms with E-state index in [1.807, 2.05) is 0 Å². The molecule has 0 aromatic carbocycles. The summed E-state index contributed by atoms with van der Waals surface area (Å²) in [5, 5.41) is 15.1. The third kappa shape index (κ3) is 11.5. The molecule has 0 amide bonds. The Bertz CT molecular complexity index is 551. The summed E-state index contributed by atoms with van der Waals surface area (Å²) in [5.41, 5.74) is 0. The van der Waals surface area contributed by atoms with E-state index in [0.717, 1.165) is 0 Å². The van der Waals surface area contributed by atoms with Crippen molar-refractivity contribution in [1.82, 2.24) is 0 Å². The number of fused-ring (bicyclic) bond motifs is 10. The Morgan fingerprint density at radius 2 is 0.789 bits per heavy atom. The minimum absolute atomic E-state index is 0.211. The highest BCUT2D eigenvalue weighted by atomic mass is 16.5. The highest BCUT2D eigenvalue weighted by Gasteiger charge is 2.49. The summed E-state index contributed by atoms with van der Waals surface area (Å²) >= 11 is 0. The summed E-state index contributed by atoms with van der Waals surface area (Å²) in [4.78, 5) is 19.6. The normalized spacial score (nSPS) is 33.7. The van der Waals surface area contributed by atoms with Crippen LogP contribution in [0.25, 0.3) is 0 Å². The quantitative estimate of drug-likeness (QED) is 0.374. The van der Waals surface area contributed by atoms with Gasteiger partial charge in [-0.05, 0) is 139 Å². The highest BCUT2D eigenvalue weighted by molar-refractivity contribution is 5.66. The molecule has 0 aliphatic heterocycles. The number of rotatable bonds is 2. The van der Waals surface area contributed by atoms with Gasteiger partial charge in [-0.2, -0.15) is 0 Å². The Balaban J connectivity index is 0.000000244. The zero-order valence-corrected chi connectivity index (χ0v) is 25.5. The number of aliphatic hydroxyl groups is 2. The van der Waals surface area contributed by atoms with Crippen LogP contribution >= 0.6 is 0 Å². The summed E-state index contributed by atoms with van der Waals surface area (Å²) in [7, 11) is 0. The molecule has 0 spiro atoms. The topological polar surface area (TPSA) is 93.1 Å². The molecule has 8 unspecified atom stereocenters. The molecular formula is C32H60O6. The van der Waals surface area contributed by atoms with Crippen LogP contribution in [0.2, 0.25) is 0 Å². The van der Waals surface area contributed by atoms with Crippen molar-refractivity contribution in [2.75, 3.05) is 26.4 Å². The van der Waals surface area contributed by atoms with Crippen LogP contribution in [0.1, 0.15) is 119 Å². The van der Waals surface area contributed by atoms with Gasteiger partial charge in [0.1, 0.15) is 0 Å². The van der Waals surface area contributed by atoms with Crippen molar-refractivity contribution in [2.24, 2.45) is 47.3 Å². The fourth-order valence-electron chi connectivity index (χ4n) is 8.44. The van der Waals surface area contributed by atoms with Gasteiger partial charge in [0, 0.05) is 27.1 Å². The van der Waals surface area contributed by atoms with E-state index >= 15 is 0 Å². The Labute approximate surface area is 233 Å². The molecule has 4 bridgehead atoms. The Kier molecular flexibility index (Phi) is 18.2. The summed E-state index contributed by atoms with van der Waals surface area (Å²) in [6, 6.07) is 0. The van der Waals surface area contributed by atoms with Gasteiger partial charge in [0.25, 0.3) is 0 Å². The van der Waals surface area contributed by atoms with Gasteiger partial charge in [0.15, 0.2) is 0 Å². The molecule has 0 aromatic heterocycles. The summed E-state index contributed by atoms with van der Waals surface area (Å²) in [6.07, 6.45) is 19.1. The van der Waals surface area contributed by atoms with E-state index in [0.29, 0.717) is 13.2 Å². The lowest BCUT2D eigenvalue weighted by Gasteiger charge is -2.23. The SMILES string of the molecule is C1CC2C3CCC(C3)C2C1.C1CC2C3CCC(C3)C2C1.CCO.CCO.CCOC(C)=O.CCOC(C)=O. The number of carbonyl (C=O) groups is 2. The molecule has 224 valence electrons. The molecular weight excluding hydrogens is 480 g/mol. The van der Waals surface area contributed by atoms with Crippen molar-refractivity contribution in [3.05, 3.63) is 0 Å². The maximum Gasteiger partial charge on any atom is 0.302 e. The maximum atomic E-state index is 9.82. The van der Waals surface area contributed by atoms with Crippen molar-refractivity contribution >= 4 is 11.9 Å². The second kappa shape index (κ2) is 19.8. The van der Waals surface area contributed by atoms with Crippen molar-refractivity contribution < 1.29 is 29.3 Å². The molecule has 0 radical (unpaired) electrons. The molecule has 0 heterocycles. The van der Waals surface area contributed by atoms with Gasteiger partial charge in [-0.1, -0.05) is 12.8 Å². The first-order valence-corrected chi connectivity index (χ1v) is 15.8. The largest absolute Gasteiger partial charge is 0.466 e. The summed E-state index contributed by atoms with van der Waals surface area (Å²) < 4.78 is 8.81. The van der Waals surface area contributed by atoms with Gasteiger partial charge in [-0.15, -0.1) is 0 Å². The second-order valence-corrected chi connectivity index (χ2v) is 11.7. The van der Waals surface area contributed by atoms with Gasteiger partial charge in [-0.3, -0.25) is 9.59 Å². The molecule has 6 fully saturated rings. The molecule has 6 nitrogen and oxygen atoms in total. The van der Waals surface area contributed by atoms with Gasteiger partial charge < -0.3 is 19.7 Å². The number of aliphatic hydroxyl groups excluding tert-OH is 2. The van der Waals surface area contributed by atoms with E-state index in [2.05, 4.69) is 9.47 Å². The van der Waals surface area contributed by atoms with Crippen LogP contribution in [0.15, 0.2) is 0 Å². The van der Waals surface area contributed by atoms with E-state index < -0.39 is 0 Å². The lowest BCUT2D eigenvalue weighted by molar-refractivity contribution is -0.141. The van der Waals surface area contributed by atoms with Crippen LogP contribution in [-0.2, 0) is 19.1 Å². The van der Waals surface area contributed by atoms with E-state index in [1.54, 1.807) is 105 Å². The van der Waals surface area contributed by atoms with Crippen LogP contribution in [0.5, 0.6) is 0 Å². The van der Waals surface area contributed by atoms with Gasteiger partial charge in [0.2, 0.25) is 0 Å². The Morgan fingerprint density at radius 3 is 0.947 bits per heavy atom. The molecule has 6 heteroatoms. The fourth-order valence-corrected chi connectivity index (χ4v) is 8.44. The number of carbonyl (C=O) groups excluding carboxylic acids is 2. The molecule has 0 saturated heterocycles. The summed E-state index contributed by atoms with van der Waals surface area (Å²) in [6.45, 7) is 11.2. The lowest BCUT2D eigenvalue weighted by atomic mass is 9.82. The van der Waals surface area contributed by atoms with Crippen LogP contribution < -0.4 is 0 Å². The molecule has 6 rings (SSSR count). The third-order valence-corrected chi connectivity index (χ3v) is 9.39. The third-order valence-electron chi connectivity index (χ3n) is 9.39. The van der Waals surface area contributed by atoms with E-state index in [9.17, 15) is 9.59 Å². The lowest BCUT2D eigenvalue weighted by Crippen LogP contribution is -2.15.